The van der Waals surface area contributed by atoms with Crippen LogP contribution in [-0.2, 0) is 20.8 Å². The number of hydrogen-bond donors (Lipinski definition) is 2. The third-order valence-electron chi connectivity index (χ3n) is 3.07. The second-order valence-electron chi connectivity index (χ2n) is 4.50. The Balaban J connectivity index is 2.14. The lowest BCUT2D eigenvalue weighted by atomic mass is 10.2. The maximum absolute atomic E-state index is 12.2. The molecule has 2 N–H and O–H groups in total. The second kappa shape index (κ2) is 6.38. The number of pyridine rings is 1. The van der Waals surface area contributed by atoms with E-state index >= 15 is 0 Å². The van der Waals surface area contributed by atoms with Gasteiger partial charge in [-0.15, -0.1) is 0 Å². The average molecular weight is 338 g/mol. The maximum atomic E-state index is 12.2. The quantitative estimate of drug-likeness (QED) is 0.854. The van der Waals surface area contributed by atoms with E-state index in [1.807, 2.05) is 0 Å². The summed E-state index contributed by atoms with van der Waals surface area (Å²) in [5.74, 6) is 1.49. The molecule has 6 nitrogen and oxygen atoms in total. The highest BCUT2D eigenvalue weighted by Gasteiger charge is 2.24. The van der Waals surface area contributed by atoms with E-state index in [1.165, 1.54) is 12.3 Å². The molecule has 1 aromatic heterocycles. The van der Waals surface area contributed by atoms with E-state index in [1.54, 1.807) is 7.05 Å². The van der Waals surface area contributed by atoms with E-state index in [0.717, 1.165) is 0 Å². The molecule has 0 bridgehead atoms. The van der Waals surface area contributed by atoms with Crippen molar-refractivity contribution in [2.75, 3.05) is 23.9 Å². The van der Waals surface area contributed by atoms with Crippen LogP contribution in [0.25, 0.3) is 0 Å². The first kappa shape index (κ1) is 15.7. The maximum Gasteiger partial charge on any atom is 0.242 e. The first-order valence-electron chi connectivity index (χ1n) is 6.13. The molecule has 2 heterocycles. The van der Waals surface area contributed by atoms with Gasteiger partial charge in [0.05, 0.1) is 5.02 Å². The number of halogens is 1. The fraction of sp³-hybridized carbons (Fsp3) is 0.545. The van der Waals surface area contributed by atoms with Crippen molar-refractivity contribution < 1.29 is 12.6 Å². The molecular weight excluding hydrogens is 322 g/mol. The van der Waals surface area contributed by atoms with Gasteiger partial charge in [-0.05, 0) is 18.9 Å². The van der Waals surface area contributed by atoms with E-state index < -0.39 is 20.8 Å². The van der Waals surface area contributed by atoms with Crippen LogP contribution < -0.4 is 10.0 Å². The fourth-order valence-electron chi connectivity index (χ4n) is 1.95. The van der Waals surface area contributed by atoms with Crippen molar-refractivity contribution in [1.29, 1.82) is 0 Å². The number of sulfonamides is 1. The minimum absolute atomic E-state index is 0.0354. The van der Waals surface area contributed by atoms with Crippen LogP contribution in [0.15, 0.2) is 17.2 Å². The normalized spacial score (nSPS) is 23.5. The molecule has 0 radical (unpaired) electrons. The van der Waals surface area contributed by atoms with Gasteiger partial charge in [0.25, 0.3) is 0 Å². The number of anilines is 1. The number of aromatic nitrogens is 1. The van der Waals surface area contributed by atoms with Crippen LogP contribution in [0.2, 0.25) is 5.02 Å². The molecule has 112 valence electrons. The van der Waals surface area contributed by atoms with Crippen LogP contribution in [0.1, 0.15) is 12.8 Å². The Bertz CT molecular complexity index is 611. The largest absolute Gasteiger partial charge is 0.372 e. The lowest BCUT2D eigenvalue weighted by Gasteiger charge is -2.22. The van der Waals surface area contributed by atoms with Gasteiger partial charge in [-0.25, -0.2) is 18.1 Å². The molecule has 1 aliphatic heterocycles. The topological polar surface area (TPSA) is 88.2 Å². The predicted octanol–water partition coefficient (Wildman–Crippen LogP) is 0.966. The molecule has 0 saturated carbocycles. The Morgan fingerprint density at radius 2 is 2.05 bits per heavy atom. The molecule has 0 atom stereocenters. The van der Waals surface area contributed by atoms with Crippen molar-refractivity contribution in [1.82, 2.24) is 9.71 Å². The fourth-order valence-corrected chi connectivity index (χ4v) is 4.85. The van der Waals surface area contributed by atoms with Gasteiger partial charge >= 0.3 is 0 Å². The standard InChI is InChI=1S/C11H16ClN3O3S2/c1-13-11-10(12)6-9(7-14-11)20(17,18)15-8-2-4-19(16)5-3-8/h6-8,15H,2-5H2,1H3,(H,13,14). The minimum Gasteiger partial charge on any atom is -0.372 e. The monoisotopic (exact) mass is 337 g/mol. The van der Waals surface area contributed by atoms with Crippen molar-refractivity contribution in [3.8, 4) is 0 Å². The lowest BCUT2D eigenvalue weighted by Crippen LogP contribution is -2.39. The van der Waals surface area contributed by atoms with E-state index in [2.05, 4.69) is 15.0 Å². The molecular formula is C11H16ClN3O3S2. The highest BCUT2D eigenvalue weighted by molar-refractivity contribution is 7.89. The zero-order valence-corrected chi connectivity index (χ0v) is 13.3. The predicted molar refractivity (Wildman–Crippen MR) is 80.0 cm³/mol. The summed E-state index contributed by atoms with van der Waals surface area (Å²) in [7, 11) is -2.81. The van der Waals surface area contributed by atoms with Gasteiger partial charge in [-0.1, -0.05) is 11.6 Å². The van der Waals surface area contributed by atoms with E-state index in [-0.39, 0.29) is 16.0 Å². The smallest absolute Gasteiger partial charge is 0.242 e. The first-order chi connectivity index (χ1) is 9.42. The summed E-state index contributed by atoms with van der Waals surface area (Å²) in [5.41, 5.74) is 0. The third-order valence-corrected chi connectivity index (χ3v) is 6.23. The Morgan fingerprint density at radius 1 is 1.40 bits per heavy atom. The summed E-state index contributed by atoms with van der Waals surface area (Å²) in [6, 6.07) is 1.18. The molecule has 1 aliphatic rings. The van der Waals surface area contributed by atoms with Gasteiger partial charge < -0.3 is 5.32 Å². The molecule has 0 unspecified atom stereocenters. The minimum atomic E-state index is -3.65. The Kier molecular flexibility index (Phi) is 5.00. The van der Waals surface area contributed by atoms with Crippen molar-refractivity contribution in [3.63, 3.8) is 0 Å². The molecule has 1 aromatic rings. The molecule has 9 heteroatoms. The van der Waals surface area contributed by atoms with Crippen LogP contribution in [0.3, 0.4) is 0 Å². The Hall–Kier alpha value is -0.700. The van der Waals surface area contributed by atoms with Gasteiger partial charge in [0.15, 0.2) is 0 Å². The van der Waals surface area contributed by atoms with E-state index in [9.17, 15) is 12.6 Å². The van der Waals surface area contributed by atoms with Crippen LogP contribution >= 0.6 is 11.6 Å². The van der Waals surface area contributed by atoms with Crippen molar-refractivity contribution >= 4 is 38.2 Å². The van der Waals surface area contributed by atoms with Crippen LogP contribution in [0.4, 0.5) is 5.82 Å². The molecule has 1 saturated heterocycles. The van der Waals surface area contributed by atoms with Crippen molar-refractivity contribution in [2.45, 2.75) is 23.8 Å². The summed E-state index contributed by atoms with van der Waals surface area (Å²) >= 11 is 5.94. The van der Waals surface area contributed by atoms with Gasteiger partial charge in [0.2, 0.25) is 10.0 Å². The summed E-state index contributed by atoms with van der Waals surface area (Å²) in [6.45, 7) is 0. The van der Waals surface area contributed by atoms with Crippen molar-refractivity contribution in [3.05, 3.63) is 17.3 Å². The highest BCUT2D eigenvalue weighted by Crippen LogP contribution is 2.22. The van der Waals surface area contributed by atoms with Crippen LogP contribution in [0.5, 0.6) is 0 Å². The zero-order chi connectivity index (χ0) is 14.8. The SMILES string of the molecule is CNc1ncc(S(=O)(=O)NC2CCS(=O)CC2)cc1Cl. The van der Waals surface area contributed by atoms with Crippen LogP contribution in [-0.4, -0.2) is 42.2 Å². The number of rotatable bonds is 4. The van der Waals surface area contributed by atoms with Gasteiger partial charge in [0.1, 0.15) is 10.7 Å². The molecule has 20 heavy (non-hydrogen) atoms. The van der Waals surface area contributed by atoms with E-state index in [4.69, 9.17) is 11.6 Å². The molecule has 0 amide bonds. The van der Waals surface area contributed by atoms with E-state index in [0.29, 0.717) is 30.2 Å². The second-order valence-corrected chi connectivity index (χ2v) is 8.31. The van der Waals surface area contributed by atoms with Gasteiger partial charge in [0, 0.05) is 41.6 Å². The van der Waals surface area contributed by atoms with Crippen molar-refractivity contribution in [2.24, 2.45) is 0 Å². The summed E-state index contributed by atoms with van der Waals surface area (Å²) < 4.78 is 38.3. The lowest BCUT2D eigenvalue weighted by molar-refractivity contribution is 0.521. The summed E-state index contributed by atoms with van der Waals surface area (Å²) in [6.07, 6.45) is 2.43. The molecule has 0 aliphatic carbocycles. The van der Waals surface area contributed by atoms with Gasteiger partial charge in [-0.2, -0.15) is 0 Å². The average Bonchev–Trinajstić information content (AvgIpc) is 2.41. The zero-order valence-electron chi connectivity index (χ0n) is 10.9. The number of nitrogens with zero attached hydrogens (tertiary/aromatic N) is 1. The van der Waals surface area contributed by atoms with Crippen LogP contribution in [0, 0.1) is 0 Å². The highest BCUT2D eigenvalue weighted by atomic mass is 35.5. The third kappa shape index (κ3) is 3.69. The molecule has 1 fully saturated rings. The summed E-state index contributed by atoms with van der Waals surface area (Å²) in [4.78, 5) is 3.99. The number of nitrogens with one attached hydrogen (secondary N) is 2. The number of hydrogen-bond acceptors (Lipinski definition) is 5. The summed E-state index contributed by atoms with van der Waals surface area (Å²) in [5, 5.41) is 3.02. The molecule has 0 aromatic carbocycles. The Labute approximate surface area is 125 Å². The molecule has 2 rings (SSSR count). The van der Waals surface area contributed by atoms with Gasteiger partial charge in [-0.3, -0.25) is 4.21 Å². The molecule has 0 spiro atoms. The Morgan fingerprint density at radius 3 is 2.60 bits per heavy atom. The first-order valence-corrected chi connectivity index (χ1v) is 9.48.